The van der Waals surface area contributed by atoms with Gasteiger partial charge in [-0.25, -0.2) is 4.39 Å². The predicted octanol–water partition coefficient (Wildman–Crippen LogP) is 6.97. The highest BCUT2D eigenvalue weighted by molar-refractivity contribution is 6.30. The van der Waals surface area contributed by atoms with E-state index in [9.17, 15) is 9.18 Å². The van der Waals surface area contributed by atoms with E-state index in [4.69, 9.17) is 11.6 Å². The number of nitrogens with one attached hydrogen (secondary N) is 1. The largest absolute Gasteiger partial charge is 0.326 e. The molecular formula is C25H26ClFN2O. The summed E-state index contributed by atoms with van der Waals surface area (Å²) in [5.41, 5.74) is 2.74. The highest BCUT2D eigenvalue weighted by Gasteiger charge is 2.32. The van der Waals surface area contributed by atoms with Crippen molar-refractivity contribution in [2.45, 2.75) is 44.9 Å². The summed E-state index contributed by atoms with van der Waals surface area (Å²) in [6, 6.07) is 14.2. The van der Waals surface area contributed by atoms with Gasteiger partial charge in [0, 0.05) is 34.3 Å². The Morgan fingerprint density at radius 3 is 2.57 bits per heavy atom. The fourth-order valence-electron chi connectivity index (χ4n) is 4.83. The molecule has 1 saturated carbocycles. The fourth-order valence-corrected chi connectivity index (χ4v) is 4.96. The van der Waals surface area contributed by atoms with E-state index >= 15 is 0 Å². The number of aromatic nitrogens is 1. The third-order valence-corrected chi connectivity index (χ3v) is 6.66. The van der Waals surface area contributed by atoms with Crippen LogP contribution in [0.2, 0.25) is 5.02 Å². The number of fused-ring (bicyclic) bond motifs is 1. The van der Waals surface area contributed by atoms with E-state index in [1.54, 1.807) is 18.3 Å². The molecule has 5 heteroatoms. The lowest BCUT2D eigenvalue weighted by atomic mass is 9.72. The maximum atomic E-state index is 13.6. The summed E-state index contributed by atoms with van der Waals surface area (Å²) in [4.78, 5) is 17.2. The van der Waals surface area contributed by atoms with Crippen molar-refractivity contribution in [1.29, 1.82) is 0 Å². The Bertz CT molecular complexity index is 1030. The van der Waals surface area contributed by atoms with Crippen molar-refractivity contribution < 1.29 is 9.18 Å². The second-order valence-electron chi connectivity index (χ2n) is 8.18. The summed E-state index contributed by atoms with van der Waals surface area (Å²) in [6.07, 6.45) is 6.70. The Morgan fingerprint density at radius 1 is 1.13 bits per heavy atom. The molecule has 1 aromatic heterocycles. The maximum absolute atomic E-state index is 13.6. The van der Waals surface area contributed by atoms with Crippen LogP contribution in [0, 0.1) is 17.7 Å². The second-order valence-corrected chi connectivity index (χ2v) is 8.62. The van der Waals surface area contributed by atoms with Crippen LogP contribution in [0.15, 0.2) is 54.7 Å². The summed E-state index contributed by atoms with van der Waals surface area (Å²) in [7, 11) is 0. The molecule has 0 radical (unpaired) electrons. The van der Waals surface area contributed by atoms with Crippen molar-refractivity contribution in [2.75, 3.05) is 5.32 Å². The fraction of sp³-hybridized carbons (Fsp3) is 0.360. The standard InChI is InChI=1S/C25H26ClFN2O/c1-2-21(25(30)29-20-10-7-18(26)8-11-20)16-3-5-17(6-4-16)22-13-14-28-24-15-19(27)9-12-23(22)24/h7-17,21H,2-6H2,1H3,(H,29,30)/t16?,17?,21-/m1/s1. The smallest absolute Gasteiger partial charge is 0.227 e. The first-order chi connectivity index (χ1) is 14.5. The molecule has 1 atom stereocenters. The summed E-state index contributed by atoms with van der Waals surface area (Å²) in [6.45, 7) is 2.09. The van der Waals surface area contributed by atoms with E-state index in [2.05, 4.69) is 23.3 Å². The lowest BCUT2D eigenvalue weighted by molar-refractivity contribution is -0.122. The summed E-state index contributed by atoms with van der Waals surface area (Å²) in [5.74, 6) is 0.643. The van der Waals surface area contributed by atoms with Gasteiger partial charge >= 0.3 is 0 Å². The molecule has 0 saturated heterocycles. The average molecular weight is 425 g/mol. The number of hydrogen-bond acceptors (Lipinski definition) is 2. The number of hydrogen-bond donors (Lipinski definition) is 1. The quantitative estimate of drug-likeness (QED) is 0.480. The Balaban J connectivity index is 1.43. The first-order valence-electron chi connectivity index (χ1n) is 10.7. The van der Waals surface area contributed by atoms with E-state index in [-0.39, 0.29) is 17.6 Å². The number of halogens is 2. The Kier molecular flexibility index (Phi) is 6.33. The lowest BCUT2D eigenvalue weighted by Gasteiger charge is -2.33. The summed E-state index contributed by atoms with van der Waals surface area (Å²) in [5, 5.41) is 4.74. The number of pyridine rings is 1. The number of carbonyl (C=O) groups excluding carboxylic acids is 1. The molecule has 1 fully saturated rings. The van der Waals surface area contributed by atoms with Gasteiger partial charge in [0.25, 0.3) is 0 Å². The number of anilines is 1. The molecule has 1 aliphatic rings. The zero-order chi connectivity index (χ0) is 21.1. The zero-order valence-electron chi connectivity index (χ0n) is 17.1. The van der Waals surface area contributed by atoms with Crippen molar-refractivity contribution in [2.24, 2.45) is 11.8 Å². The van der Waals surface area contributed by atoms with Crippen molar-refractivity contribution >= 4 is 34.1 Å². The normalized spacial score (nSPS) is 20.1. The molecule has 1 N–H and O–H groups in total. The van der Waals surface area contributed by atoms with Crippen LogP contribution in [0.3, 0.4) is 0 Å². The second kappa shape index (κ2) is 9.13. The number of carbonyl (C=O) groups is 1. The van der Waals surface area contributed by atoms with Crippen LogP contribution >= 0.6 is 11.6 Å². The highest BCUT2D eigenvalue weighted by Crippen LogP contribution is 2.41. The minimum absolute atomic E-state index is 0.00454. The molecule has 0 unspecified atom stereocenters. The van der Waals surface area contributed by atoms with Crippen LogP contribution in [0.5, 0.6) is 0 Å². The lowest BCUT2D eigenvalue weighted by Crippen LogP contribution is -2.31. The minimum atomic E-state index is -0.256. The Hall–Kier alpha value is -2.46. The molecule has 1 amide bonds. The molecule has 2 aromatic carbocycles. The first kappa shape index (κ1) is 20.8. The zero-order valence-corrected chi connectivity index (χ0v) is 17.8. The monoisotopic (exact) mass is 424 g/mol. The molecule has 4 rings (SSSR count). The molecule has 3 nitrogen and oxygen atoms in total. The van der Waals surface area contributed by atoms with Crippen LogP contribution in [0.1, 0.15) is 50.5 Å². The van der Waals surface area contributed by atoms with Gasteiger partial charge in [0.05, 0.1) is 5.52 Å². The predicted molar refractivity (Wildman–Crippen MR) is 120 cm³/mol. The molecule has 1 heterocycles. The maximum Gasteiger partial charge on any atom is 0.227 e. The van der Waals surface area contributed by atoms with Crippen molar-refractivity contribution in [1.82, 2.24) is 4.98 Å². The summed E-state index contributed by atoms with van der Waals surface area (Å²) < 4.78 is 13.6. The number of amides is 1. The number of benzene rings is 2. The van der Waals surface area contributed by atoms with E-state index < -0.39 is 0 Å². The molecule has 1 aliphatic carbocycles. The SMILES string of the molecule is CC[C@@H](C(=O)Nc1ccc(Cl)cc1)C1CCC(c2ccnc3cc(F)ccc23)CC1. The van der Waals surface area contributed by atoms with E-state index in [1.807, 2.05) is 18.2 Å². The van der Waals surface area contributed by atoms with Gasteiger partial charge in [-0.15, -0.1) is 0 Å². The highest BCUT2D eigenvalue weighted by atomic mass is 35.5. The molecule has 156 valence electrons. The van der Waals surface area contributed by atoms with Crippen molar-refractivity contribution in [3.05, 3.63) is 71.1 Å². The molecular weight excluding hydrogens is 399 g/mol. The van der Waals surface area contributed by atoms with Gasteiger partial charge in [0.15, 0.2) is 0 Å². The summed E-state index contributed by atoms with van der Waals surface area (Å²) >= 11 is 5.93. The Morgan fingerprint density at radius 2 is 1.87 bits per heavy atom. The van der Waals surface area contributed by atoms with Gasteiger partial charge in [-0.1, -0.05) is 18.5 Å². The molecule has 3 aromatic rings. The van der Waals surface area contributed by atoms with E-state index in [0.29, 0.717) is 22.4 Å². The third-order valence-electron chi connectivity index (χ3n) is 6.41. The van der Waals surface area contributed by atoms with Gasteiger partial charge in [-0.05, 0) is 92.0 Å². The molecule has 30 heavy (non-hydrogen) atoms. The van der Waals surface area contributed by atoms with Gasteiger partial charge in [0.1, 0.15) is 5.82 Å². The average Bonchev–Trinajstić information content (AvgIpc) is 2.76. The van der Waals surface area contributed by atoms with Gasteiger partial charge in [0.2, 0.25) is 5.91 Å². The first-order valence-corrected chi connectivity index (χ1v) is 11.0. The number of nitrogens with zero attached hydrogens (tertiary/aromatic N) is 1. The van der Waals surface area contributed by atoms with Crippen LogP contribution in [0.25, 0.3) is 10.9 Å². The minimum Gasteiger partial charge on any atom is -0.326 e. The Labute approximate surface area is 181 Å². The van der Waals surface area contributed by atoms with E-state index in [1.165, 1.54) is 17.7 Å². The van der Waals surface area contributed by atoms with Crippen molar-refractivity contribution in [3.8, 4) is 0 Å². The van der Waals surface area contributed by atoms with E-state index in [0.717, 1.165) is 43.2 Å². The van der Waals surface area contributed by atoms with Gasteiger partial charge < -0.3 is 5.32 Å². The van der Waals surface area contributed by atoms with Gasteiger partial charge in [-0.2, -0.15) is 0 Å². The van der Waals surface area contributed by atoms with Crippen LogP contribution in [-0.2, 0) is 4.79 Å². The molecule has 0 bridgehead atoms. The van der Waals surface area contributed by atoms with Crippen LogP contribution in [0.4, 0.5) is 10.1 Å². The topological polar surface area (TPSA) is 42.0 Å². The molecule has 0 spiro atoms. The van der Waals surface area contributed by atoms with Crippen molar-refractivity contribution in [3.63, 3.8) is 0 Å². The molecule has 0 aliphatic heterocycles. The number of rotatable bonds is 5. The van der Waals surface area contributed by atoms with Crippen LogP contribution < -0.4 is 5.32 Å². The van der Waals surface area contributed by atoms with Crippen LogP contribution in [-0.4, -0.2) is 10.9 Å². The van der Waals surface area contributed by atoms with Gasteiger partial charge in [-0.3, -0.25) is 9.78 Å². The third kappa shape index (κ3) is 4.49.